The Morgan fingerprint density at radius 1 is 1.40 bits per heavy atom. The Kier molecular flexibility index (Phi) is 7.39. The lowest BCUT2D eigenvalue weighted by Crippen LogP contribution is -2.22. The molecule has 15 heavy (non-hydrogen) atoms. The molecule has 0 unspecified atom stereocenters. The Bertz CT molecular complexity index is 200. The van der Waals surface area contributed by atoms with Crippen LogP contribution in [0.1, 0.15) is 32.6 Å². The molecule has 0 aromatic rings. The van der Waals surface area contributed by atoms with Crippen LogP contribution in [0.25, 0.3) is 0 Å². The van der Waals surface area contributed by atoms with Gasteiger partial charge in [-0.3, -0.25) is 4.79 Å². The van der Waals surface area contributed by atoms with Crippen molar-refractivity contribution in [3.05, 3.63) is 12.3 Å². The summed E-state index contributed by atoms with van der Waals surface area (Å²) < 4.78 is 5.13. The van der Waals surface area contributed by atoms with Crippen LogP contribution in [-0.2, 0) is 9.53 Å². The smallest absolute Gasteiger partial charge is 0.305 e. The summed E-state index contributed by atoms with van der Waals surface area (Å²) in [4.78, 5) is 11.2. The summed E-state index contributed by atoms with van der Waals surface area (Å²) >= 11 is 0. The van der Waals surface area contributed by atoms with Crippen LogP contribution in [0.15, 0.2) is 12.3 Å². The van der Waals surface area contributed by atoms with Crippen LogP contribution in [0.3, 0.4) is 0 Å². The molecule has 0 aliphatic rings. The van der Waals surface area contributed by atoms with E-state index in [0.717, 1.165) is 25.3 Å². The minimum Gasteiger partial charge on any atom is -0.466 e. The van der Waals surface area contributed by atoms with Crippen LogP contribution < -0.4 is 0 Å². The third-order valence-corrected chi connectivity index (χ3v) is 5.26. The van der Waals surface area contributed by atoms with Gasteiger partial charge in [0.25, 0.3) is 0 Å². The number of unbranched alkanes of at least 4 members (excludes halogenated alkanes) is 1. The second kappa shape index (κ2) is 7.68. The fourth-order valence-electron chi connectivity index (χ4n) is 1.21. The molecule has 0 atom stereocenters. The fraction of sp³-hybridized carbons (Fsp3) is 0.750. The average molecular weight is 228 g/mol. The number of rotatable bonds is 8. The van der Waals surface area contributed by atoms with Crippen molar-refractivity contribution < 1.29 is 9.53 Å². The Morgan fingerprint density at radius 2 is 2.07 bits per heavy atom. The highest BCUT2D eigenvalue weighted by atomic mass is 28.3. The quantitative estimate of drug-likeness (QED) is 0.361. The lowest BCUT2D eigenvalue weighted by Gasteiger charge is -2.16. The van der Waals surface area contributed by atoms with E-state index in [2.05, 4.69) is 32.3 Å². The van der Waals surface area contributed by atoms with E-state index in [1.807, 2.05) is 0 Å². The zero-order valence-corrected chi connectivity index (χ0v) is 11.3. The van der Waals surface area contributed by atoms with Gasteiger partial charge in [0, 0.05) is 6.42 Å². The summed E-state index contributed by atoms with van der Waals surface area (Å²) in [6, 6.07) is 1.15. The highest BCUT2D eigenvalue weighted by molar-refractivity contribution is 6.82. The summed E-state index contributed by atoms with van der Waals surface area (Å²) in [5.41, 5.74) is 2.09. The first-order valence-electron chi connectivity index (χ1n) is 5.81. The van der Waals surface area contributed by atoms with Crippen molar-refractivity contribution in [2.24, 2.45) is 0 Å². The van der Waals surface area contributed by atoms with Gasteiger partial charge in [0.05, 0.1) is 14.7 Å². The predicted octanol–water partition coefficient (Wildman–Crippen LogP) is 3.54. The van der Waals surface area contributed by atoms with E-state index in [9.17, 15) is 4.79 Å². The van der Waals surface area contributed by atoms with Gasteiger partial charge < -0.3 is 4.74 Å². The van der Waals surface area contributed by atoms with Gasteiger partial charge in [-0.2, -0.15) is 0 Å². The molecule has 0 rings (SSSR count). The van der Waals surface area contributed by atoms with E-state index >= 15 is 0 Å². The van der Waals surface area contributed by atoms with Gasteiger partial charge in [-0.1, -0.05) is 32.5 Å². The predicted molar refractivity (Wildman–Crippen MR) is 67.6 cm³/mol. The maximum Gasteiger partial charge on any atom is 0.305 e. The van der Waals surface area contributed by atoms with Crippen LogP contribution in [0.5, 0.6) is 0 Å². The summed E-state index contributed by atoms with van der Waals surface area (Å²) in [7, 11) is -1.20. The summed E-state index contributed by atoms with van der Waals surface area (Å²) in [5.74, 6) is -0.0464. The monoisotopic (exact) mass is 228 g/mol. The van der Waals surface area contributed by atoms with E-state index in [1.54, 1.807) is 0 Å². The van der Waals surface area contributed by atoms with Crippen molar-refractivity contribution in [2.75, 3.05) is 6.61 Å². The summed E-state index contributed by atoms with van der Waals surface area (Å²) in [5, 5.41) is 0. The first kappa shape index (κ1) is 14.4. The molecule has 0 radical (unpaired) electrons. The molecular formula is C12H24O2Si. The lowest BCUT2D eigenvalue weighted by molar-refractivity contribution is -0.143. The zero-order valence-electron chi connectivity index (χ0n) is 10.3. The summed E-state index contributed by atoms with van der Waals surface area (Å²) in [6.45, 7) is 11.0. The molecule has 0 aliphatic carbocycles. The highest BCUT2D eigenvalue weighted by Gasteiger charge is 2.15. The van der Waals surface area contributed by atoms with Crippen LogP contribution in [0.4, 0.5) is 0 Å². The second-order valence-electron chi connectivity index (χ2n) is 4.62. The van der Waals surface area contributed by atoms with Gasteiger partial charge in [0.15, 0.2) is 0 Å². The normalized spacial score (nSPS) is 11.1. The zero-order chi connectivity index (χ0) is 11.7. The number of esters is 1. The number of ether oxygens (including phenoxy) is 1. The van der Waals surface area contributed by atoms with Gasteiger partial charge in [-0.15, -0.1) is 12.3 Å². The largest absolute Gasteiger partial charge is 0.466 e. The van der Waals surface area contributed by atoms with E-state index in [-0.39, 0.29) is 5.97 Å². The molecule has 0 aromatic carbocycles. The van der Waals surface area contributed by atoms with Crippen molar-refractivity contribution >= 4 is 14.0 Å². The third-order valence-electron chi connectivity index (χ3n) is 2.52. The summed E-state index contributed by atoms with van der Waals surface area (Å²) in [6.07, 6.45) is 3.53. The van der Waals surface area contributed by atoms with Crippen molar-refractivity contribution in [1.29, 1.82) is 0 Å². The van der Waals surface area contributed by atoms with Crippen molar-refractivity contribution in [3.63, 3.8) is 0 Å². The molecule has 0 saturated carbocycles. The van der Waals surface area contributed by atoms with E-state index < -0.39 is 8.07 Å². The maximum atomic E-state index is 11.2. The first-order chi connectivity index (χ1) is 7.02. The molecule has 0 fully saturated rings. The molecule has 0 bridgehead atoms. The Labute approximate surface area is 94.7 Å². The maximum absolute atomic E-state index is 11.2. The molecule has 0 aromatic heterocycles. The molecule has 0 amide bonds. The van der Waals surface area contributed by atoms with Crippen LogP contribution in [0, 0.1) is 0 Å². The van der Waals surface area contributed by atoms with Crippen LogP contribution in [-0.4, -0.2) is 20.7 Å². The lowest BCUT2D eigenvalue weighted by atomic mass is 10.2. The van der Waals surface area contributed by atoms with E-state index in [1.165, 1.54) is 0 Å². The molecule has 0 heterocycles. The molecule has 2 nitrogen and oxygen atoms in total. The number of carbonyl (C=O) groups excluding carboxylic acids is 1. The molecular weight excluding hydrogens is 204 g/mol. The molecule has 88 valence electrons. The van der Waals surface area contributed by atoms with E-state index in [0.29, 0.717) is 13.0 Å². The molecule has 0 spiro atoms. The van der Waals surface area contributed by atoms with Gasteiger partial charge in [0.1, 0.15) is 0 Å². The molecule has 0 N–H and O–H groups in total. The average Bonchev–Trinajstić information content (AvgIpc) is 2.21. The molecule has 3 heteroatoms. The van der Waals surface area contributed by atoms with Crippen molar-refractivity contribution in [1.82, 2.24) is 0 Å². The standard InChI is InChI=1S/C12H24O2Si/c1-5-7-9-12(13)14-10-8-11-15(3,4)6-2/h6H,2,5,7-11H2,1,3-4H3. The third kappa shape index (κ3) is 8.42. The Balaban J connectivity index is 3.46. The van der Waals surface area contributed by atoms with Gasteiger partial charge in [-0.05, 0) is 12.8 Å². The number of hydrogen-bond donors (Lipinski definition) is 0. The van der Waals surface area contributed by atoms with Crippen molar-refractivity contribution in [2.45, 2.75) is 51.7 Å². The highest BCUT2D eigenvalue weighted by Crippen LogP contribution is 2.12. The van der Waals surface area contributed by atoms with Crippen molar-refractivity contribution in [3.8, 4) is 0 Å². The van der Waals surface area contributed by atoms with Gasteiger partial charge >= 0.3 is 5.97 Å². The molecule has 0 aliphatic heterocycles. The SMILES string of the molecule is C=C[Si](C)(C)CCCOC(=O)CCCC. The van der Waals surface area contributed by atoms with Gasteiger partial charge in [-0.25, -0.2) is 0 Å². The number of carbonyl (C=O) groups is 1. The van der Waals surface area contributed by atoms with Gasteiger partial charge in [0.2, 0.25) is 0 Å². The topological polar surface area (TPSA) is 26.3 Å². The Morgan fingerprint density at radius 3 is 2.60 bits per heavy atom. The second-order valence-corrected chi connectivity index (χ2v) is 9.51. The first-order valence-corrected chi connectivity index (χ1v) is 9.09. The van der Waals surface area contributed by atoms with E-state index in [4.69, 9.17) is 4.74 Å². The number of hydrogen-bond acceptors (Lipinski definition) is 2. The minimum atomic E-state index is -1.20. The minimum absolute atomic E-state index is 0.0464. The Hall–Kier alpha value is -0.573. The van der Waals surface area contributed by atoms with Crippen LogP contribution >= 0.6 is 0 Å². The fourth-order valence-corrected chi connectivity index (χ4v) is 2.47. The molecule has 0 saturated heterocycles. The van der Waals surface area contributed by atoms with Crippen LogP contribution in [0.2, 0.25) is 19.1 Å².